The molecular formula is C20H30N4O3. The fourth-order valence-electron chi connectivity index (χ4n) is 4.87. The third-order valence-corrected chi connectivity index (χ3v) is 6.30. The molecule has 0 radical (unpaired) electrons. The summed E-state index contributed by atoms with van der Waals surface area (Å²) in [5.41, 5.74) is 0.139. The summed E-state index contributed by atoms with van der Waals surface area (Å²) in [6.07, 6.45) is 11.0. The number of carbonyl (C=O) groups excluding carboxylic acids is 2. The summed E-state index contributed by atoms with van der Waals surface area (Å²) in [5.74, 6) is 0.205. The quantitative estimate of drug-likeness (QED) is 0.804. The third kappa shape index (κ3) is 4.34. The van der Waals surface area contributed by atoms with Crippen LogP contribution in [0.4, 0.5) is 0 Å². The molecule has 0 aromatic carbocycles. The maximum absolute atomic E-state index is 12.9. The summed E-state index contributed by atoms with van der Waals surface area (Å²) in [6.45, 7) is 3.53. The zero-order chi connectivity index (χ0) is 18.7. The Morgan fingerprint density at radius 3 is 2.89 bits per heavy atom. The number of carbonyl (C=O) groups is 2. The van der Waals surface area contributed by atoms with E-state index in [1.54, 1.807) is 6.20 Å². The number of likely N-dealkylation sites (tertiary alicyclic amines) is 1. The summed E-state index contributed by atoms with van der Waals surface area (Å²) in [5, 5.41) is 4.23. The highest BCUT2D eigenvalue weighted by molar-refractivity contribution is 5.86. The van der Waals surface area contributed by atoms with Crippen molar-refractivity contribution in [2.75, 3.05) is 32.8 Å². The standard InChI is InChI=1S/C20H30N4O3/c25-18-12-20(6-2-1-3-7-20)16-23(18)15-19(26)22-9-5-11-27-17(13-22)14-24-10-4-8-21-24/h4,8,10,17H,1-3,5-7,9,11-16H2/t17-/m0/s1. The first-order valence-electron chi connectivity index (χ1n) is 10.3. The van der Waals surface area contributed by atoms with Crippen LogP contribution in [0.5, 0.6) is 0 Å². The van der Waals surface area contributed by atoms with Crippen LogP contribution < -0.4 is 0 Å². The number of ether oxygens (including phenoxy) is 1. The zero-order valence-electron chi connectivity index (χ0n) is 16.0. The van der Waals surface area contributed by atoms with Gasteiger partial charge in [-0.2, -0.15) is 5.10 Å². The number of aromatic nitrogens is 2. The second kappa shape index (κ2) is 8.00. The normalized spacial score (nSPS) is 25.8. The number of amides is 2. The van der Waals surface area contributed by atoms with E-state index in [1.807, 2.05) is 26.7 Å². The van der Waals surface area contributed by atoms with Gasteiger partial charge in [0.2, 0.25) is 11.8 Å². The van der Waals surface area contributed by atoms with Crippen molar-refractivity contribution in [2.24, 2.45) is 5.41 Å². The molecule has 1 aliphatic carbocycles. The number of nitrogens with zero attached hydrogens (tertiary/aromatic N) is 4. The topological polar surface area (TPSA) is 67.7 Å². The molecule has 3 fully saturated rings. The van der Waals surface area contributed by atoms with Crippen LogP contribution in [0.15, 0.2) is 18.5 Å². The predicted octanol–water partition coefficient (Wildman–Crippen LogP) is 1.68. The largest absolute Gasteiger partial charge is 0.374 e. The van der Waals surface area contributed by atoms with E-state index in [-0.39, 0.29) is 29.9 Å². The highest BCUT2D eigenvalue weighted by Gasteiger charge is 2.44. The van der Waals surface area contributed by atoms with Gasteiger partial charge in [-0.25, -0.2) is 0 Å². The van der Waals surface area contributed by atoms with Gasteiger partial charge in [0, 0.05) is 45.1 Å². The zero-order valence-corrected chi connectivity index (χ0v) is 16.0. The molecular weight excluding hydrogens is 344 g/mol. The summed E-state index contributed by atoms with van der Waals surface area (Å²) < 4.78 is 7.75. The molecule has 2 saturated heterocycles. The monoisotopic (exact) mass is 374 g/mol. The van der Waals surface area contributed by atoms with Crippen LogP contribution in [-0.2, 0) is 20.9 Å². The maximum Gasteiger partial charge on any atom is 0.242 e. The third-order valence-electron chi connectivity index (χ3n) is 6.30. The Morgan fingerprint density at radius 1 is 1.26 bits per heavy atom. The van der Waals surface area contributed by atoms with Gasteiger partial charge in [-0.15, -0.1) is 0 Å². The van der Waals surface area contributed by atoms with Gasteiger partial charge in [0.15, 0.2) is 0 Å². The van der Waals surface area contributed by atoms with Gasteiger partial charge in [-0.1, -0.05) is 19.3 Å². The van der Waals surface area contributed by atoms with Crippen molar-refractivity contribution >= 4 is 11.8 Å². The molecule has 2 amide bonds. The minimum absolute atomic E-state index is 0.0483. The van der Waals surface area contributed by atoms with Gasteiger partial charge < -0.3 is 14.5 Å². The molecule has 1 atom stereocenters. The van der Waals surface area contributed by atoms with E-state index < -0.39 is 0 Å². The van der Waals surface area contributed by atoms with Crippen LogP contribution in [0.2, 0.25) is 0 Å². The Balaban J connectivity index is 1.34. The van der Waals surface area contributed by atoms with Crippen molar-refractivity contribution in [2.45, 2.75) is 57.6 Å². The van der Waals surface area contributed by atoms with Gasteiger partial charge in [-0.3, -0.25) is 14.3 Å². The first kappa shape index (κ1) is 18.5. The molecule has 2 aliphatic heterocycles. The minimum atomic E-state index is -0.0599. The van der Waals surface area contributed by atoms with E-state index in [0.29, 0.717) is 32.7 Å². The fraction of sp³-hybridized carbons (Fsp3) is 0.750. The molecule has 1 saturated carbocycles. The minimum Gasteiger partial charge on any atom is -0.374 e. The SMILES string of the molecule is O=C(CN1CC2(CCCCC2)CC1=O)N1CCCO[C@H](Cn2cccn2)C1. The van der Waals surface area contributed by atoms with E-state index in [0.717, 1.165) is 25.8 Å². The number of hydrogen-bond donors (Lipinski definition) is 0. The molecule has 0 N–H and O–H groups in total. The lowest BCUT2D eigenvalue weighted by atomic mass is 9.73. The van der Waals surface area contributed by atoms with Gasteiger partial charge >= 0.3 is 0 Å². The van der Waals surface area contributed by atoms with Crippen LogP contribution >= 0.6 is 0 Å². The lowest BCUT2D eigenvalue weighted by Gasteiger charge is -2.33. The second-order valence-corrected chi connectivity index (χ2v) is 8.40. The first-order chi connectivity index (χ1) is 13.1. The van der Waals surface area contributed by atoms with E-state index in [1.165, 1.54) is 19.3 Å². The Kier molecular flexibility index (Phi) is 5.48. The molecule has 7 heteroatoms. The Hall–Kier alpha value is -1.89. The van der Waals surface area contributed by atoms with Crippen molar-refractivity contribution < 1.29 is 14.3 Å². The molecule has 0 unspecified atom stereocenters. The van der Waals surface area contributed by atoms with E-state index >= 15 is 0 Å². The number of rotatable bonds is 4. The molecule has 0 bridgehead atoms. The summed E-state index contributed by atoms with van der Waals surface area (Å²) in [4.78, 5) is 29.1. The maximum atomic E-state index is 12.9. The van der Waals surface area contributed by atoms with Crippen molar-refractivity contribution in [1.82, 2.24) is 19.6 Å². The predicted molar refractivity (Wildman–Crippen MR) is 99.9 cm³/mol. The highest BCUT2D eigenvalue weighted by Crippen LogP contribution is 2.44. The van der Waals surface area contributed by atoms with Gasteiger partial charge in [-0.05, 0) is 30.7 Å². The lowest BCUT2D eigenvalue weighted by molar-refractivity contribution is -0.138. The van der Waals surface area contributed by atoms with Gasteiger partial charge in [0.1, 0.15) is 0 Å². The smallest absolute Gasteiger partial charge is 0.242 e. The van der Waals surface area contributed by atoms with Crippen molar-refractivity contribution in [3.63, 3.8) is 0 Å². The van der Waals surface area contributed by atoms with Crippen LogP contribution in [-0.4, -0.2) is 70.3 Å². The lowest BCUT2D eigenvalue weighted by Crippen LogP contribution is -2.44. The fourth-order valence-corrected chi connectivity index (χ4v) is 4.87. The number of hydrogen-bond acceptors (Lipinski definition) is 4. The average Bonchev–Trinajstić information content (AvgIpc) is 3.18. The van der Waals surface area contributed by atoms with Crippen molar-refractivity contribution in [3.8, 4) is 0 Å². The van der Waals surface area contributed by atoms with Crippen LogP contribution in [0.25, 0.3) is 0 Å². The van der Waals surface area contributed by atoms with E-state index in [4.69, 9.17) is 4.74 Å². The van der Waals surface area contributed by atoms with E-state index in [2.05, 4.69) is 5.10 Å². The van der Waals surface area contributed by atoms with Crippen LogP contribution in [0, 0.1) is 5.41 Å². The molecule has 1 spiro atoms. The summed E-state index contributed by atoms with van der Waals surface area (Å²) in [7, 11) is 0. The van der Waals surface area contributed by atoms with Gasteiger partial charge in [0.25, 0.3) is 0 Å². The molecule has 27 heavy (non-hydrogen) atoms. The molecule has 1 aromatic rings. The van der Waals surface area contributed by atoms with Crippen molar-refractivity contribution in [1.29, 1.82) is 0 Å². The van der Waals surface area contributed by atoms with Crippen LogP contribution in [0.1, 0.15) is 44.9 Å². The Labute approximate surface area is 160 Å². The Bertz CT molecular complexity index is 654. The molecule has 4 rings (SSSR count). The summed E-state index contributed by atoms with van der Waals surface area (Å²) >= 11 is 0. The van der Waals surface area contributed by atoms with Gasteiger partial charge in [0.05, 0.1) is 19.2 Å². The molecule has 148 valence electrons. The molecule has 1 aromatic heterocycles. The van der Waals surface area contributed by atoms with Crippen molar-refractivity contribution in [3.05, 3.63) is 18.5 Å². The summed E-state index contributed by atoms with van der Waals surface area (Å²) in [6, 6.07) is 1.89. The average molecular weight is 374 g/mol. The highest BCUT2D eigenvalue weighted by atomic mass is 16.5. The van der Waals surface area contributed by atoms with E-state index in [9.17, 15) is 9.59 Å². The molecule has 3 heterocycles. The first-order valence-corrected chi connectivity index (χ1v) is 10.3. The Morgan fingerprint density at radius 2 is 2.11 bits per heavy atom. The molecule has 3 aliphatic rings. The van der Waals surface area contributed by atoms with Crippen LogP contribution in [0.3, 0.4) is 0 Å². The molecule has 7 nitrogen and oxygen atoms in total. The second-order valence-electron chi connectivity index (χ2n) is 8.40.